The third-order valence-electron chi connectivity index (χ3n) is 2.43. The molecule has 0 fully saturated rings. The van der Waals surface area contributed by atoms with E-state index in [1.165, 1.54) is 17.4 Å². The zero-order valence-electron chi connectivity index (χ0n) is 9.08. The maximum absolute atomic E-state index is 13.3. The molecule has 0 N–H and O–H groups in total. The van der Waals surface area contributed by atoms with Gasteiger partial charge in [-0.15, -0.1) is 11.3 Å². The lowest BCUT2D eigenvalue weighted by atomic mass is 10.0. The zero-order chi connectivity index (χ0) is 11.7. The van der Waals surface area contributed by atoms with Gasteiger partial charge in [0.2, 0.25) is 0 Å². The lowest BCUT2D eigenvalue weighted by molar-refractivity contribution is 0.103. The summed E-state index contributed by atoms with van der Waals surface area (Å²) in [6.45, 7) is 3.62. The summed E-state index contributed by atoms with van der Waals surface area (Å²) in [6.07, 6.45) is 0. The van der Waals surface area contributed by atoms with Crippen molar-refractivity contribution >= 4 is 17.1 Å². The second-order valence-electron chi connectivity index (χ2n) is 3.74. The van der Waals surface area contributed by atoms with Gasteiger partial charge in [0.1, 0.15) is 5.82 Å². The molecule has 1 nitrogen and oxygen atoms in total. The van der Waals surface area contributed by atoms with E-state index in [0.717, 1.165) is 4.88 Å². The van der Waals surface area contributed by atoms with Crippen molar-refractivity contribution in [2.24, 2.45) is 0 Å². The van der Waals surface area contributed by atoms with Gasteiger partial charge < -0.3 is 0 Å². The number of thiophene rings is 1. The molecule has 82 valence electrons. The van der Waals surface area contributed by atoms with Crippen molar-refractivity contribution in [1.29, 1.82) is 0 Å². The standard InChI is InChI=1S/C13H11FOS/c1-8-3-4-10(6-12(8)14)13(15)11-5-9(2)16-7-11/h3-7H,1-2H3. The number of aryl methyl sites for hydroxylation is 2. The summed E-state index contributed by atoms with van der Waals surface area (Å²) in [6, 6.07) is 6.41. The van der Waals surface area contributed by atoms with Crippen LogP contribution in [0.3, 0.4) is 0 Å². The largest absolute Gasteiger partial charge is 0.289 e. The molecule has 0 amide bonds. The van der Waals surface area contributed by atoms with E-state index < -0.39 is 0 Å². The van der Waals surface area contributed by atoms with Crippen LogP contribution in [0, 0.1) is 19.7 Å². The highest BCUT2D eigenvalue weighted by atomic mass is 32.1. The Hall–Kier alpha value is -1.48. The molecule has 0 bridgehead atoms. The van der Waals surface area contributed by atoms with Crippen molar-refractivity contribution in [3.05, 3.63) is 57.0 Å². The average molecular weight is 234 g/mol. The molecule has 0 atom stereocenters. The monoisotopic (exact) mass is 234 g/mol. The van der Waals surface area contributed by atoms with E-state index in [-0.39, 0.29) is 11.6 Å². The number of benzene rings is 1. The van der Waals surface area contributed by atoms with E-state index in [1.54, 1.807) is 24.4 Å². The maximum Gasteiger partial charge on any atom is 0.193 e. The average Bonchev–Trinajstić information content (AvgIpc) is 2.68. The smallest absolute Gasteiger partial charge is 0.193 e. The van der Waals surface area contributed by atoms with Gasteiger partial charge in [0.05, 0.1) is 0 Å². The molecule has 3 heteroatoms. The number of halogens is 1. The second-order valence-corrected chi connectivity index (χ2v) is 4.85. The first-order valence-electron chi connectivity index (χ1n) is 4.94. The van der Waals surface area contributed by atoms with Crippen LogP contribution in [0.15, 0.2) is 29.6 Å². The quantitative estimate of drug-likeness (QED) is 0.723. The first kappa shape index (κ1) is 11.0. The van der Waals surface area contributed by atoms with Crippen molar-refractivity contribution in [3.8, 4) is 0 Å². The summed E-state index contributed by atoms with van der Waals surface area (Å²) in [5.74, 6) is -0.457. The van der Waals surface area contributed by atoms with E-state index in [1.807, 2.05) is 13.0 Å². The van der Waals surface area contributed by atoms with Crippen molar-refractivity contribution < 1.29 is 9.18 Å². The minimum absolute atomic E-state index is 0.122. The fourth-order valence-corrected chi connectivity index (χ4v) is 2.15. The Morgan fingerprint density at radius 2 is 1.94 bits per heavy atom. The summed E-state index contributed by atoms with van der Waals surface area (Å²) < 4.78 is 13.3. The molecule has 16 heavy (non-hydrogen) atoms. The van der Waals surface area contributed by atoms with Crippen LogP contribution in [0.25, 0.3) is 0 Å². The normalized spacial score (nSPS) is 10.4. The number of carbonyl (C=O) groups is 1. The highest BCUT2D eigenvalue weighted by Crippen LogP contribution is 2.18. The Balaban J connectivity index is 2.38. The summed E-state index contributed by atoms with van der Waals surface area (Å²) in [7, 11) is 0. The van der Waals surface area contributed by atoms with Gasteiger partial charge >= 0.3 is 0 Å². The Bertz CT molecular complexity index is 543. The van der Waals surface area contributed by atoms with E-state index in [2.05, 4.69) is 0 Å². The van der Waals surface area contributed by atoms with Crippen molar-refractivity contribution in [1.82, 2.24) is 0 Å². The fraction of sp³-hybridized carbons (Fsp3) is 0.154. The topological polar surface area (TPSA) is 17.1 Å². The Morgan fingerprint density at radius 1 is 1.19 bits per heavy atom. The highest BCUT2D eigenvalue weighted by Gasteiger charge is 2.11. The predicted molar refractivity (Wildman–Crippen MR) is 63.6 cm³/mol. The molecule has 2 rings (SSSR count). The molecule has 0 unspecified atom stereocenters. The first-order valence-corrected chi connectivity index (χ1v) is 5.82. The second kappa shape index (κ2) is 4.18. The molecule has 1 aromatic carbocycles. The van der Waals surface area contributed by atoms with Crippen LogP contribution in [0.1, 0.15) is 26.4 Å². The zero-order valence-corrected chi connectivity index (χ0v) is 9.90. The summed E-state index contributed by atoms with van der Waals surface area (Å²) in [4.78, 5) is 13.0. The van der Waals surface area contributed by atoms with Crippen molar-refractivity contribution in [3.63, 3.8) is 0 Å². The molecule has 0 aliphatic carbocycles. The minimum atomic E-state index is -0.335. The first-order chi connectivity index (χ1) is 7.58. The van der Waals surface area contributed by atoms with Gasteiger partial charge in [-0.3, -0.25) is 4.79 Å². The predicted octanol–water partition coefficient (Wildman–Crippen LogP) is 3.74. The number of hydrogen-bond donors (Lipinski definition) is 0. The van der Waals surface area contributed by atoms with Gasteiger partial charge in [-0.2, -0.15) is 0 Å². The van der Waals surface area contributed by atoms with Crippen LogP contribution in [0.4, 0.5) is 4.39 Å². The molecule has 0 saturated carbocycles. The molecule has 2 aromatic rings. The lowest BCUT2D eigenvalue weighted by Gasteiger charge is -2.00. The molecular weight excluding hydrogens is 223 g/mol. The van der Waals surface area contributed by atoms with Gasteiger partial charge in [0.15, 0.2) is 5.78 Å². The van der Waals surface area contributed by atoms with E-state index in [0.29, 0.717) is 16.7 Å². The summed E-state index contributed by atoms with van der Waals surface area (Å²) >= 11 is 1.52. The highest BCUT2D eigenvalue weighted by molar-refractivity contribution is 7.10. The molecule has 0 spiro atoms. The molecule has 0 aliphatic rings. The summed E-state index contributed by atoms with van der Waals surface area (Å²) in [5, 5.41) is 1.80. The summed E-state index contributed by atoms with van der Waals surface area (Å²) in [5.41, 5.74) is 1.59. The Kier molecular flexibility index (Phi) is 2.88. The van der Waals surface area contributed by atoms with Crippen LogP contribution in [-0.2, 0) is 0 Å². The number of ketones is 1. The third kappa shape index (κ3) is 2.04. The molecular formula is C13H11FOS. The fourth-order valence-electron chi connectivity index (χ4n) is 1.46. The molecule has 0 aliphatic heterocycles. The van der Waals surface area contributed by atoms with Gasteiger partial charge in [-0.1, -0.05) is 12.1 Å². The van der Waals surface area contributed by atoms with Gasteiger partial charge in [-0.25, -0.2) is 4.39 Å². The van der Waals surface area contributed by atoms with Gasteiger partial charge in [0, 0.05) is 21.4 Å². The van der Waals surface area contributed by atoms with E-state index in [4.69, 9.17) is 0 Å². The molecule has 1 heterocycles. The number of rotatable bonds is 2. The Labute approximate surface area is 97.6 Å². The molecule has 1 aromatic heterocycles. The lowest BCUT2D eigenvalue weighted by Crippen LogP contribution is -2.00. The molecule has 0 radical (unpaired) electrons. The number of hydrogen-bond acceptors (Lipinski definition) is 2. The van der Waals surface area contributed by atoms with Crippen LogP contribution < -0.4 is 0 Å². The third-order valence-corrected chi connectivity index (χ3v) is 3.29. The van der Waals surface area contributed by atoms with Crippen molar-refractivity contribution in [2.45, 2.75) is 13.8 Å². The van der Waals surface area contributed by atoms with Gasteiger partial charge in [-0.05, 0) is 31.5 Å². The van der Waals surface area contributed by atoms with Crippen LogP contribution in [0.2, 0.25) is 0 Å². The maximum atomic E-state index is 13.3. The van der Waals surface area contributed by atoms with Gasteiger partial charge in [0.25, 0.3) is 0 Å². The SMILES string of the molecule is Cc1cc(C(=O)c2ccc(C)c(F)c2)cs1. The Morgan fingerprint density at radius 3 is 2.50 bits per heavy atom. The van der Waals surface area contributed by atoms with E-state index in [9.17, 15) is 9.18 Å². The number of carbonyl (C=O) groups excluding carboxylic acids is 1. The minimum Gasteiger partial charge on any atom is -0.289 e. The van der Waals surface area contributed by atoms with Crippen LogP contribution in [0.5, 0.6) is 0 Å². The van der Waals surface area contributed by atoms with Crippen molar-refractivity contribution in [2.75, 3.05) is 0 Å². The van der Waals surface area contributed by atoms with Crippen LogP contribution in [-0.4, -0.2) is 5.78 Å². The van der Waals surface area contributed by atoms with E-state index >= 15 is 0 Å². The molecule has 0 saturated heterocycles. The van der Waals surface area contributed by atoms with Crippen LogP contribution >= 0.6 is 11.3 Å².